The first-order chi connectivity index (χ1) is 12.5. The molecule has 0 aliphatic heterocycles. The van der Waals surface area contributed by atoms with Crippen LogP contribution >= 0.6 is 23.4 Å². The van der Waals surface area contributed by atoms with Gasteiger partial charge in [-0.3, -0.25) is 4.79 Å². The van der Waals surface area contributed by atoms with Crippen molar-refractivity contribution in [2.75, 3.05) is 18.6 Å². The smallest absolute Gasteiger partial charge is 0.233 e. The van der Waals surface area contributed by atoms with Gasteiger partial charge >= 0.3 is 0 Å². The van der Waals surface area contributed by atoms with Crippen molar-refractivity contribution in [1.82, 2.24) is 19.8 Å². The maximum atomic E-state index is 12.6. The highest BCUT2D eigenvalue weighted by Crippen LogP contribution is 2.28. The summed E-state index contributed by atoms with van der Waals surface area (Å²) >= 11 is 7.33. The lowest BCUT2D eigenvalue weighted by Crippen LogP contribution is -2.43. The zero-order valence-electron chi connectivity index (χ0n) is 15.1. The highest BCUT2D eigenvalue weighted by molar-refractivity contribution is 7.99. The summed E-state index contributed by atoms with van der Waals surface area (Å²) in [7, 11) is 1.90. The normalized spacial score (nSPS) is 20.1. The van der Waals surface area contributed by atoms with Crippen molar-refractivity contribution in [2.24, 2.45) is 5.92 Å². The third-order valence-corrected chi connectivity index (χ3v) is 6.19. The molecule has 1 amide bonds. The second kappa shape index (κ2) is 8.31. The van der Waals surface area contributed by atoms with Gasteiger partial charge in [0.05, 0.1) is 5.75 Å². The Balaban J connectivity index is 1.64. The number of aromatic nitrogens is 3. The van der Waals surface area contributed by atoms with Gasteiger partial charge in [0.25, 0.3) is 0 Å². The van der Waals surface area contributed by atoms with Gasteiger partial charge in [0.1, 0.15) is 0 Å². The predicted octanol–water partition coefficient (Wildman–Crippen LogP) is 3.44. The average Bonchev–Trinajstić information content (AvgIpc) is 3.00. The van der Waals surface area contributed by atoms with Crippen LogP contribution in [0.4, 0.5) is 0 Å². The van der Waals surface area contributed by atoms with Crippen LogP contribution in [-0.2, 0) is 4.79 Å². The Kier molecular flexibility index (Phi) is 6.09. The standard InChI is InChI=1S/C18H24ClN5OS/c1-12-6-3-4-9-15(12)23(2)16(25)11-26-18-22-21-17(24(18)20)13-7-5-8-14(19)10-13/h5,7-8,10,12,15H,3-4,6,9,11,20H2,1-2H3. The quantitative estimate of drug-likeness (QED) is 0.621. The number of carbonyl (C=O) groups is 1. The van der Waals surface area contributed by atoms with Crippen LogP contribution < -0.4 is 5.84 Å². The van der Waals surface area contributed by atoms with E-state index < -0.39 is 0 Å². The van der Waals surface area contributed by atoms with Gasteiger partial charge in [-0.1, -0.05) is 55.3 Å². The van der Waals surface area contributed by atoms with Crippen LogP contribution in [0.15, 0.2) is 29.4 Å². The molecule has 2 N–H and O–H groups in total. The Bertz CT molecular complexity index is 781. The maximum Gasteiger partial charge on any atom is 0.233 e. The molecule has 1 fully saturated rings. The van der Waals surface area contributed by atoms with Crippen LogP contribution in [0.25, 0.3) is 11.4 Å². The number of nitrogens with zero attached hydrogens (tertiary/aromatic N) is 4. The largest absolute Gasteiger partial charge is 0.342 e. The minimum Gasteiger partial charge on any atom is -0.342 e. The monoisotopic (exact) mass is 393 g/mol. The summed E-state index contributed by atoms with van der Waals surface area (Å²) in [6.45, 7) is 2.23. The topological polar surface area (TPSA) is 77.0 Å². The molecule has 8 heteroatoms. The molecular formula is C18H24ClN5OS. The number of hydrogen-bond donors (Lipinski definition) is 1. The lowest BCUT2D eigenvalue weighted by molar-refractivity contribution is -0.130. The summed E-state index contributed by atoms with van der Waals surface area (Å²) in [6.07, 6.45) is 4.73. The number of carbonyl (C=O) groups excluding carboxylic acids is 1. The van der Waals surface area contributed by atoms with Crippen molar-refractivity contribution in [3.63, 3.8) is 0 Å². The van der Waals surface area contributed by atoms with Crippen LogP contribution in [0.5, 0.6) is 0 Å². The Hall–Kier alpha value is -1.73. The number of amides is 1. The number of thioether (sulfide) groups is 1. The van der Waals surface area contributed by atoms with Crippen molar-refractivity contribution in [3.05, 3.63) is 29.3 Å². The SMILES string of the molecule is CC1CCCCC1N(C)C(=O)CSc1nnc(-c2cccc(Cl)c2)n1N. The Labute approximate surface area is 163 Å². The van der Waals surface area contributed by atoms with Gasteiger partial charge in [0.15, 0.2) is 5.82 Å². The number of halogens is 1. The number of rotatable bonds is 5. The van der Waals surface area contributed by atoms with Crippen LogP contribution in [0, 0.1) is 5.92 Å². The Morgan fingerprint density at radius 1 is 1.38 bits per heavy atom. The van der Waals surface area contributed by atoms with Gasteiger partial charge in [-0.05, 0) is 30.9 Å². The molecule has 0 bridgehead atoms. The molecule has 2 aromatic rings. The van der Waals surface area contributed by atoms with Crippen molar-refractivity contribution in [1.29, 1.82) is 0 Å². The van der Waals surface area contributed by atoms with Crippen LogP contribution in [0.3, 0.4) is 0 Å². The zero-order valence-corrected chi connectivity index (χ0v) is 16.6. The van der Waals surface area contributed by atoms with Crippen LogP contribution in [0.1, 0.15) is 32.6 Å². The van der Waals surface area contributed by atoms with E-state index in [0.29, 0.717) is 33.7 Å². The second-order valence-corrected chi connectivity index (χ2v) is 8.19. The molecule has 2 unspecified atom stereocenters. The van der Waals surface area contributed by atoms with Crippen LogP contribution in [-0.4, -0.2) is 44.5 Å². The molecule has 1 aromatic carbocycles. The van der Waals surface area contributed by atoms with E-state index in [9.17, 15) is 4.79 Å². The molecule has 26 heavy (non-hydrogen) atoms. The molecule has 1 aromatic heterocycles. The van der Waals surface area contributed by atoms with Gasteiger partial charge in [-0.25, -0.2) is 4.68 Å². The van der Waals surface area contributed by atoms with Crippen molar-refractivity contribution in [2.45, 2.75) is 43.8 Å². The van der Waals surface area contributed by atoms with E-state index in [4.69, 9.17) is 17.4 Å². The first-order valence-electron chi connectivity index (χ1n) is 8.82. The van der Waals surface area contributed by atoms with Gasteiger partial charge in [0.2, 0.25) is 11.1 Å². The zero-order chi connectivity index (χ0) is 18.7. The van der Waals surface area contributed by atoms with Gasteiger partial charge in [-0.15, -0.1) is 10.2 Å². The molecule has 2 atom stereocenters. The lowest BCUT2D eigenvalue weighted by atomic mass is 9.85. The Morgan fingerprint density at radius 3 is 2.88 bits per heavy atom. The summed E-state index contributed by atoms with van der Waals surface area (Å²) in [5.41, 5.74) is 0.791. The minimum atomic E-state index is 0.0982. The van der Waals surface area contributed by atoms with E-state index in [-0.39, 0.29) is 5.91 Å². The molecule has 0 saturated heterocycles. The third kappa shape index (κ3) is 4.15. The fourth-order valence-corrected chi connectivity index (χ4v) is 4.46. The number of hydrogen-bond acceptors (Lipinski definition) is 5. The molecule has 1 saturated carbocycles. The van der Waals surface area contributed by atoms with Gasteiger partial charge < -0.3 is 10.7 Å². The predicted molar refractivity (Wildman–Crippen MR) is 106 cm³/mol. The van der Waals surface area contributed by atoms with E-state index in [2.05, 4.69) is 17.1 Å². The highest BCUT2D eigenvalue weighted by atomic mass is 35.5. The molecule has 0 spiro atoms. The molecule has 3 rings (SSSR count). The highest BCUT2D eigenvalue weighted by Gasteiger charge is 2.28. The summed E-state index contributed by atoms with van der Waals surface area (Å²) in [5, 5.41) is 9.37. The van der Waals surface area contributed by atoms with Gasteiger partial charge in [-0.2, -0.15) is 0 Å². The molecule has 0 radical (unpaired) electrons. The number of nitrogens with two attached hydrogens (primary N) is 1. The lowest BCUT2D eigenvalue weighted by Gasteiger charge is -2.36. The van der Waals surface area contributed by atoms with E-state index in [1.165, 1.54) is 35.7 Å². The van der Waals surface area contributed by atoms with Crippen LogP contribution in [0.2, 0.25) is 5.02 Å². The fourth-order valence-electron chi connectivity index (χ4n) is 3.49. The Morgan fingerprint density at radius 2 is 2.15 bits per heavy atom. The van der Waals surface area contributed by atoms with Crippen molar-refractivity contribution in [3.8, 4) is 11.4 Å². The van der Waals surface area contributed by atoms with Gasteiger partial charge in [0, 0.05) is 23.7 Å². The molecule has 1 aliphatic carbocycles. The van der Waals surface area contributed by atoms with E-state index in [1.807, 2.05) is 24.1 Å². The van der Waals surface area contributed by atoms with E-state index in [1.54, 1.807) is 12.1 Å². The number of benzene rings is 1. The molecule has 6 nitrogen and oxygen atoms in total. The summed E-state index contributed by atoms with van der Waals surface area (Å²) in [6, 6.07) is 7.61. The van der Waals surface area contributed by atoms with E-state index >= 15 is 0 Å². The maximum absolute atomic E-state index is 12.6. The molecule has 1 heterocycles. The molecule has 140 valence electrons. The van der Waals surface area contributed by atoms with E-state index in [0.717, 1.165) is 12.0 Å². The molecule has 1 aliphatic rings. The number of nitrogen functional groups attached to an aromatic ring is 1. The fraction of sp³-hybridized carbons (Fsp3) is 0.500. The first kappa shape index (κ1) is 19.0. The summed E-state index contributed by atoms with van der Waals surface area (Å²) < 4.78 is 1.41. The minimum absolute atomic E-state index is 0.0982. The molecular weight excluding hydrogens is 370 g/mol. The van der Waals surface area contributed by atoms with Crippen molar-refractivity contribution < 1.29 is 4.79 Å². The first-order valence-corrected chi connectivity index (χ1v) is 10.2. The average molecular weight is 394 g/mol. The summed E-state index contributed by atoms with van der Waals surface area (Å²) in [5.74, 6) is 7.59. The summed E-state index contributed by atoms with van der Waals surface area (Å²) in [4.78, 5) is 14.5. The van der Waals surface area contributed by atoms with Crippen molar-refractivity contribution >= 4 is 29.3 Å². The third-order valence-electron chi connectivity index (χ3n) is 5.03. The second-order valence-electron chi connectivity index (χ2n) is 6.81.